The number of para-hydroxylation sites is 1. The highest BCUT2D eigenvalue weighted by Crippen LogP contribution is 2.35. The summed E-state index contributed by atoms with van der Waals surface area (Å²) in [6.45, 7) is 0. The lowest BCUT2D eigenvalue weighted by Gasteiger charge is -2.12. The second kappa shape index (κ2) is 6.47. The van der Waals surface area contributed by atoms with Gasteiger partial charge in [-0.25, -0.2) is 4.98 Å². The number of nitrogens with two attached hydrogens (primary N) is 1. The van der Waals surface area contributed by atoms with Gasteiger partial charge in [-0.1, -0.05) is 47.1 Å². The molecule has 0 saturated carbocycles. The summed E-state index contributed by atoms with van der Waals surface area (Å²) in [5, 5.41) is 3.36. The summed E-state index contributed by atoms with van der Waals surface area (Å²) in [6.07, 6.45) is 0. The third-order valence-corrected chi connectivity index (χ3v) is 3.69. The van der Waals surface area contributed by atoms with Crippen molar-refractivity contribution >= 4 is 52.3 Å². The van der Waals surface area contributed by atoms with Gasteiger partial charge in [-0.3, -0.25) is 0 Å². The highest BCUT2D eigenvalue weighted by Gasteiger charge is 2.12. The number of aromatic nitrogens is 1. The van der Waals surface area contributed by atoms with E-state index in [1.807, 2.05) is 0 Å². The molecule has 0 atom stereocenters. The molecule has 2 aromatic rings. The lowest BCUT2D eigenvalue weighted by Crippen LogP contribution is -2.00. The molecule has 1 aromatic carbocycles. The quantitative estimate of drug-likeness (QED) is 0.769. The summed E-state index contributed by atoms with van der Waals surface area (Å²) in [7, 11) is 0. The predicted molar refractivity (Wildman–Crippen MR) is 80.3 cm³/mol. The molecule has 20 heavy (non-hydrogen) atoms. The van der Waals surface area contributed by atoms with Crippen LogP contribution in [0, 0.1) is 0 Å². The predicted octanol–water partition coefficient (Wildman–Crippen LogP) is 5.03. The van der Waals surface area contributed by atoms with E-state index >= 15 is 0 Å². The van der Waals surface area contributed by atoms with Gasteiger partial charge in [0.05, 0.1) is 15.7 Å². The first-order chi connectivity index (χ1) is 9.47. The number of pyridine rings is 1. The van der Waals surface area contributed by atoms with E-state index in [9.17, 15) is 8.78 Å². The summed E-state index contributed by atoms with van der Waals surface area (Å²) >= 11 is 12.2. The van der Waals surface area contributed by atoms with Crippen LogP contribution in [0.1, 0.15) is 0 Å². The minimum absolute atomic E-state index is 0.109. The molecule has 0 spiro atoms. The molecule has 1 heterocycles. The number of benzene rings is 1. The van der Waals surface area contributed by atoms with E-state index in [0.29, 0.717) is 22.3 Å². The molecule has 2 rings (SSSR count). The fourth-order valence-electron chi connectivity index (χ4n) is 1.46. The molecule has 0 radical (unpaired) electrons. The molecule has 0 bridgehead atoms. The minimum Gasteiger partial charge on any atom is -0.382 e. The highest BCUT2D eigenvalue weighted by atomic mass is 35.5. The molecule has 0 unspecified atom stereocenters. The number of hydrogen-bond acceptors (Lipinski definition) is 4. The Morgan fingerprint density at radius 2 is 1.90 bits per heavy atom. The molecule has 0 aliphatic carbocycles. The summed E-state index contributed by atoms with van der Waals surface area (Å²) < 4.78 is 25.0. The normalized spacial score (nSPS) is 10.8. The van der Waals surface area contributed by atoms with Gasteiger partial charge in [-0.2, -0.15) is 8.78 Å². The molecule has 1 aromatic heterocycles. The van der Waals surface area contributed by atoms with Gasteiger partial charge in [0.15, 0.2) is 5.82 Å². The fourth-order valence-corrected chi connectivity index (χ4v) is 2.47. The van der Waals surface area contributed by atoms with Crippen LogP contribution in [0.4, 0.5) is 26.1 Å². The maximum Gasteiger partial charge on any atom is 0.288 e. The molecule has 0 saturated heterocycles. The maximum atomic E-state index is 12.5. The van der Waals surface area contributed by atoms with E-state index < -0.39 is 5.76 Å². The van der Waals surface area contributed by atoms with Crippen molar-refractivity contribution in [2.75, 3.05) is 11.1 Å². The van der Waals surface area contributed by atoms with Crippen LogP contribution in [0.15, 0.2) is 35.2 Å². The zero-order valence-electron chi connectivity index (χ0n) is 9.91. The topological polar surface area (TPSA) is 50.9 Å². The Hall–Kier alpha value is -1.24. The highest BCUT2D eigenvalue weighted by molar-refractivity contribution is 7.99. The summed E-state index contributed by atoms with van der Waals surface area (Å²) in [5.74, 6) is -2.15. The van der Waals surface area contributed by atoms with E-state index in [1.54, 1.807) is 24.3 Å². The van der Waals surface area contributed by atoms with Gasteiger partial charge in [-0.15, -0.1) is 0 Å². The van der Waals surface area contributed by atoms with Crippen LogP contribution in [-0.4, -0.2) is 10.7 Å². The second-order valence-electron chi connectivity index (χ2n) is 3.69. The molecule has 0 amide bonds. The maximum absolute atomic E-state index is 12.5. The zero-order valence-corrected chi connectivity index (χ0v) is 12.2. The number of hydrogen-bond donors (Lipinski definition) is 2. The molecule has 106 valence electrons. The van der Waals surface area contributed by atoms with E-state index in [-0.39, 0.29) is 21.7 Å². The molecule has 0 fully saturated rings. The Morgan fingerprint density at radius 3 is 2.60 bits per heavy atom. The van der Waals surface area contributed by atoms with Crippen LogP contribution >= 0.6 is 35.0 Å². The first-order valence-corrected chi connectivity index (χ1v) is 7.03. The Bertz CT molecular complexity index is 626. The van der Waals surface area contributed by atoms with Crippen molar-refractivity contribution < 1.29 is 8.78 Å². The molecular formula is C12H9Cl2F2N3S. The average Bonchev–Trinajstić information content (AvgIpc) is 2.37. The first kappa shape index (κ1) is 15.2. The average molecular weight is 336 g/mol. The van der Waals surface area contributed by atoms with Crippen molar-refractivity contribution in [2.24, 2.45) is 0 Å². The van der Waals surface area contributed by atoms with Crippen LogP contribution in [0.5, 0.6) is 0 Å². The van der Waals surface area contributed by atoms with Crippen molar-refractivity contribution in [1.29, 1.82) is 0 Å². The number of nitrogens with zero attached hydrogens (tertiary/aromatic N) is 1. The lowest BCUT2D eigenvalue weighted by atomic mass is 10.3. The van der Waals surface area contributed by atoms with Gasteiger partial charge in [0.1, 0.15) is 5.82 Å². The number of rotatable bonds is 4. The second-order valence-corrected chi connectivity index (χ2v) is 5.53. The Balaban J connectivity index is 2.33. The number of nitrogen functional groups attached to an aromatic ring is 1. The van der Waals surface area contributed by atoms with Gasteiger partial charge in [-0.05, 0) is 18.2 Å². The first-order valence-electron chi connectivity index (χ1n) is 5.39. The van der Waals surface area contributed by atoms with Gasteiger partial charge in [0.2, 0.25) is 0 Å². The van der Waals surface area contributed by atoms with Crippen LogP contribution < -0.4 is 11.1 Å². The van der Waals surface area contributed by atoms with Gasteiger partial charge < -0.3 is 11.1 Å². The summed E-state index contributed by atoms with van der Waals surface area (Å²) in [5.41, 5.74) is 6.06. The number of alkyl halides is 2. The van der Waals surface area contributed by atoms with Crippen LogP contribution in [0.3, 0.4) is 0 Å². The number of anilines is 3. The number of thioether (sulfide) groups is 1. The monoisotopic (exact) mass is 335 g/mol. The van der Waals surface area contributed by atoms with E-state index in [2.05, 4.69) is 10.3 Å². The van der Waals surface area contributed by atoms with Crippen LogP contribution in [0.2, 0.25) is 10.0 Å². The fraction of sp³-hybridized carbons (Fsp3) is 0.0833. The standard InChI is InChI=1S/C12H9Cl2F2N3S/c13-6-5-7(14)11(19-10(6)17)18-8-3-1-2-4-9(8)20-12(15)16/h1-5,12H,(H3,17,18,19). The van der Waals surface area contributed by atoms with E-state index in [1.165, 1.54) is 6.07 Å². The van der Waals surface area contributed by atoms with Crippen LogP contribution in [0.25, 0.3) is 0 Å². The number of halogens is 4. The summed E-state index contributed by atoms with van der Waals surface area (Å²) in [6, 6.07) is 8.04. The van der Waals surface area contributed by atoms with Crippen molar-refractivity contribution in [3.05, 3.63) is 40.4 Å². The van der Waals surface area contributed by atoms with E-state index in [0.717, 1.165) is 0 Å². The van der Waals surface area contributed by atoms with Crippen molar-refractivity contribution in [1.82, 2.24) is 4.98 Å². The van der Waals surface area contributed by atoms with Crippen molar-refractivity contribution in [3.63, 3.8) is 0 Å². The SMILES string of the molecule is Nc1nc(Nc2ccccc2SC(F)F)c(Cl)cc1Cl. The van der Waals surface area contributed by atoms with Crippen LogP contribution in [-0.2, 0) is 0 Å². The Morgan fingerprint density at radius 1 is 1.20 bits per heavy atom. The van der Waals surface area contributed by atoms with E-state index in [4.69, 9.17) is 28.9 Å². The third kappa shape index (κ3) is 3.65. The minimum atomic E-state index is -2.52. The Kier molecular flexibility index (Phi) is 4.91. The molecule has 3 nitrogen and oxygen atoms in total. The zero-order chi connectivity index (χ0) is 14.7. The van der Waals surface area contributed by atoms with Gasteiger partial charge >= 0.3 is 0 Å². The Labute approximate surface area is 128 Å². The van der Waals surface area contributed by atoms with Crippen molar-refractivity contribution in [2.45, 2.75) is 10.7 Å². The largest absolute Gasteiger partial charge is 0.382 e. The molecule has 0 aliphatic rings. The lowest BCUT2D eigenvalue weighted by molar-refractivity contribution is 0.252. The van der Waals surface area contributed by atoms with Crippen molar-refractivity contribution in [3.8, 4) is 0 Å². The van der Waals surface area contributed by atoms with Gasteiger partial charge in [0.25, 0.3) is 5.76 Å². The molecule has 0 aliphatic heterocycles. The molecule has 8 heteroatoms. The third-order valence-electron chi connectivity index (χ3n) is 2.31. The molecule has 3 N–H and O–H groups in total. The number of nitrogens with one attached hydrogen (secondary N) is 1. The van der Waals surface area contributed by atoms with Gasteiger partial charge in [0, 0.05) is 4.90 Å². The molecular weight excluding hydrogens is 327 g/mol. The summed E-state index contributed by atoms with van der Waals surface area (Å²) in [4.78, 5) is 4.38. The smallest absolute Gasteiger partial charge is 0.288 e.